The van der Waals surface area contributed by atoms with Crippen molar-refractivity contribution in [3.8, 4) is 11.8 Å². The van der Waals surface area contributed by atoms with E-state index in [1.165, 1.54) is 18.5 Å². The van der Waals surface area contributed by atoms with Crippen LogP contribution in [0.2, 0.25) is 0 Å². The fraction of sp³-hybridized carbons (Fsp3) is 0.462. The largest absolute Gasteiger partial charge is 0.395 e. The molecule has 0 bridgehead atoms. The van der Waals surface area contributed by atoms with Gasteiger partial charge in [0.2, 0.25) is 10.0 Å². The number of rotatable bonds is 6. The van der Waals surface area contributed by atoms with E-state index in [4.69, 9.17) is 5.11 Å². The van der Waals surface area contributed by atoms with Gasteiger partial charge in [0.15, 0.2) is 0 Å². The topological polar surface area (TPSA) is 79.3 Å². The van der Waals surface area contributed by atoms with E-state index in [1.54, 1.807) is 0 Å². The standard InChI is InChI=1S/C13H18N2O3S/c1-2-3-7-15-19(17,18)13-9-12(10-14-11-13)6-4-5-8-16/h9-11,15-16H,2-3,5,7-8H2,1H3. The summed E-state index contributed by atoms with van der Waals surface area (Å²) < 4.78 is 26.4. The zero-order valence-corrected chi connectivity index (χ0v) is 11.7. The number of sulfonamides is 1. The van der Waals surface area contributed by atoms with E-state index in [0.717, 1.165) is 12.8 Å². The van der Waals surface area contributed by atoms with Gasteiger partial charge in [-0.3, -0.25) is 4.98 Å². The van der Waals surface area contributed by atoms with Crippen LogP contribution >= 0.6 is 0 Å². The number of nitrogens with one attached hydrogen (secondary N) is 1. The van der Waals surface area contributed by atoms with Crippen molar-refractivity contribution < 1.29 is 13.5 Å². The Morgan fingerprint density at radius 1 is 1.42 bits per heavy atom. The first kappa shape index (κ1) is 15.6. The maximum absolute atomic E-state index is 11.9. The van der Waals surface area contributed by atoms with Gasteiger partial charge in [-0.15, -0.1) is 0 Å². The van der Waals surface area contributed by atoms with Crippen LogP contribution in [-0.2, 0) is 10.0 Å². The third-order valence-electron chi connectivity index (χ3n) is 2.32. The van der Waals surface area contributed by atoms with Crippen molar-refractivity contribution in [1.29, 1.82) is 0 Å². The Morgan fingerprint density at radius 2 is 2.21 bits per heavy atom. The first-order valence-corrected chi connectivity index (χ1v) is 7.63. The Labute approximate surface area is 114 Å². The maximum Gasteiger partial charge on any atom is 0.242 e. The lowest BCUT2D eigenvalue weighted by Crippen LogP contribution is -2.24. The molecule has 1 rings (SSSR count). The minimum absolute atomic E-state index is 0.0169. The Bertz CT molecular complexity index is 559. The van der Waals surface area contributed by atoms with Crippen LogP contribution in [0.5, 0.6) is 0 Å². The highest BCUT2D eigenvalue weighted by Gasteiger charge is 2.13. The molecule has 0 aliphatic heterocycles. The lowest BCUT2D eigenvalue weighted by Gasteiger charge is -2.05. The lowest BCUT2D eigenvalue weighted by molar-refractivity contribution is 0.305. The molecule has 6 heteroatoms. The van der Waals surface area contributed by atoms with E-state index in [9.17, 15) is 8.42 Å². The second-order valence-electron chi connectivity index (χ2n) is 3.94. The second-order valence-corrected chi connectivity index (χ2v) is 5.70. The van der Waals surface area contributed by atoms with Gasteiger partial charge in [0, 0.05) is 30.9 Å². The van der Waals surface area contributed by atoms with E-state index in [2.05, 4.69) is 21.5 Å². The SMILES string of the molecule is CCCCNS(=O)(=O)c1cncc(C#CCCO)c1. The monoisotopic (exact) mass is 282 g/mol. The fourth-order valence-electron chi connectivity index (χ4n) is 1.32. The smallest absolute Gasteiger partial charge is 0.242 e. The summed E-state index contributed by atoms with van der Waals surface area (Å²) in [6.07, 6.45) is 4.86. The maximum atomic E-state index is 11.9. The molecule has 0 amide bonds. The average molecular weight is 282 g/mol. The number of nitrogens with zero attached hydrogens (tertiary/aromatic N) is 1. The van der Waals surface area contributed by atoms with Crippen LogP contribution in [0.1, 0.15) is 31.7 Å². The Balaban J connectivity index is 2.84. The van der Waals surface area contributed by atoms with E-state index in [0.29, 0.717) is 18.5 Å². The van der Waals surface area contributed by atoms with Crippen molar-refractivity contribution in [2.75, 3.05) is 13.2 Å². The van der Waals surface area contributed by atoms with E-state index in [1.807, 2.05) is 6.92 Å². The molecule has 0 radical (unpaired) electrons. The molecule has 104 valence electrons. The van der Waals surface area contributed by atoms with Gasteiger partial charge in [0.25, 0.3) is 0 Å². The molecule has 0 unspecified atom stereocenters. The van der Waals surface area contributed by atoms with Gasteiger partial charge in [-0.1, -0.05) is 25.2 Å². The van der Waals surface area contributed by atoms with Crippen molar-refractivity contribution in [3.05, 3.63) is 24.0 Å². The van der Waals surface area contributed by atoms with Crippen LogP contribution in [0.3, 0.4) is 0 Å². The molecule has 0 spiro atoms. The Kier molecular flexibility index (Phi) is 6.50. The molecule has 19 heavy (non-hydrogen) atoms. The molecule has 0 aliphatic rings. The number of hydrogen-bond acceptors (Lipinski definition) is 4. The minimum atomic E-state index is -3.52. The molecule has 0 saturated heterocycles. The van der Waals surface area contributed by atoms with Gasteiger partial charge in [-0.25, -0.2) is 13.1 Å². The number of hydrogen-bond donors (Lipinski definition) is 2. The summed E-state index contributed by atoms with van der Waals surface area (Å²) in [7, 11) is -3.52. The predicted molar refractivity (Wildman–Crippen MR) is 72.9 cm³/mol. The first-order chi connectivity index (χ1) is 9.10. The van der Waals surface area contributed by atoms with Crippen LogP contribution < -0.4 is 4.72 Å². The summed E-state index contributed by atoms with van der Waals surface area (Å²) in [5, 5.41) is 8.62. The Morgan fingerprint density at radius 3 is 2.89 bits per heavy atom. The summed E-state index contributed by atoms with van der Waals surface area (Å²) in [6.45, 7) is 2.39. The number of aromatic nitrogens is 1. The molecule has 1 aromatic rings. The number of aliphatic hydroxyl groups excluding tert-OH is 1. The summed E-state index contributed by atoms with van der Waals surface area (Å²) in [5.74, 6) is 5.49. The summed E-state index contributed by atoms with van der Waals surface area (Å²) >= 11 is 0. The first-order valence-electron chi connectivity index (χ1n) is 6.14. The zero-order valence-electron chi connectivity index (χ0n) is 10.9. The summed E-state index contributed by atoms with van der Waals surface area (Å²) in [4.78, 5) is 3.98. The van der Waals surface area contributed by atoms with Gasteiger partial charge >= 0.3 is 0 Å². The Hall–Kier alpha value is -1.42. The molecule has 0 saturated carbocycles. The molecule has 0 atom stereocenters. The van der Waals surface area contributed by atoms with Gasteiger partial charge in [0.1, 0.15) is 4.90 Å². The minimum Gasteiger partial charge on any atom is -0.395 e. The second kappa shape index (κ2) is 7.89. The van der Waals surface area contributed by atoms with Gasteiger partial charge in [-0.05, 0) is 12.5 Å². The molecule has 0 aliphatic carbocycles. The van der Waals surface area contributed by atoms with Crippen LogP contribution in [0.4, 0.5) is 0 Å². The fourth-order valence-corrected chi connectivity index (χ4v) is 2.38. The van der Waals surface area contributed by atoms with E-state index < -0.39 is 10.0 Å². The average Bonchev–Trinajstić information content (AvgIpc) is 2.40. The highest BCUT2D eigenvalue weighted by Crippen LogP contribution is 2.09. The number of unbranched alkanes of at least 4 members (excludes halogenated alkanes) is 1. The predicted octanol–water partition coefficient (Wildman–Crippen LogP) is 0.894. The molecular weight excluding hydrogens is 264 g/mol. The molecule has 5 nitrogen and oxygen atoms in total. The van der Waals surface area contributed by atoms with Crippen molar-refractivity contribution in [2.24, 2.45) is 0 Å². The van der Waals surface area contributed by atoms with E-state index >= 15 is 0 Å². The van der Waals surface area contributed by atoms with Crippen LogP contribution in [0.15, 0.2) is 23.4 Å². The van der Waals surface area contributed by atoms with Crippen LogP contribution in [-0.4, -0.2) is 31.7 Å². The number of aliphatic hydroxyl groups is 1. The summed E-state index contributed by atoms with van der Waals surface area (Å²) in [5.41, 5.74) is 0.520. The molecule has 0 fully saturated rings. The molecule has 2 N–H and O–H groups in total. The number of pyridine rings is 1. The molecule has 0 aromatic carbocycles. The summed E-state index contributed by atoms with van der Waals surface area (Å²) in [6, 6.07) is 1.48. The van der Waals surface area contributed by atoms with Gasteiger partial charge < -0.3 is 5.11 Å². The third-order valence-corrected chi connectivity index (χ3v) is 3.74. The van der Waals surface area contributed by atoms with Gasteiger partial charge in [0.05, 0.1) is 6.61 Å². The molecule has 1 aromatic heterocycles. The molecule has 1 heterocycles. The zero-order chi connectivity index (χ0) is 14.1. The van der Waals surface area contributed by atoms with Crippen molar-refractivity contribution in [2.45, 2.75) is 31.1 Å². The highest BCUT2D eigenvalue weighted by molar-refractivity contribution is 7.89. The van der Waals surface area contributed by atoms with Crippen LogP contribution in [0, 0.1) is 11.8 Å². The third kappa shape index (κ3) is 5.39. The normalized spacial score (nSPS) is 10.8. The quantitative estimate of drug-likeness (QED) is 0.600. The molecular formula is C13H18N2O3S. The van der Waals surface area contributed by atoms with Gasteiger partial charge in [-0.2, -0.15) is 0 Å². The van der Waals surface area contributed by atoms with Crippen molar-refractivity contribution >= 4 is 10.0 Å². The highest BCUT2D eigenvalue weighted by atomic mass is 32.2. The van der Waals surface area contributed by atoms with E-state index in [-0.39, 0.29) is 11.5 Å². The van der Waals surface area contributed by atoms with Crippen molar-refractivity contribution in [3.63, 3.8) is 0 Å². The lowest BCUT2D eigenvalue weighted by atomic mass is 10.3. The van der Waals surface area contributed by atoms with Crippen LogP contribution in [0.25, 0.3) is 0 Å². The van der Waals surface area contributed by atoms with Crippen molar-refractivity contribution in [1.82, 2.24) is 9.71 Å².